The van der Waals surface area contributed by atoms with Crippen LogP contribution in [0, 0.1) is 5.41 Å². The van der Waals surface area contributed by atoms with Crippen LogP contribution in [0.1, 0.15) is 59.9 Å². The lowest BCUT2D eigenvalue weighted by molar-refractivity contribution is 0.0214. The maximum absolute atomic E-state index is 13.1. The number of likely N-dealkylation sites (N-methyl/N-ethyl adjacent to an activating group) is 1. The predicted molar refractivity (Wildman–Crippen MR) is 156 cm³/mol. The van der Waals surface area contributed by atoms with Gasteiger partial charge in [0.15, 0.2) is 0 Å². The second kappa shape index (κ2) is 11.3. The lowest BCUT2D eigenvalue weighted by atomic mass is 9.92. The van der Waals surface area contributed by atoms with Crippen LogP contribution in [0.15, 0.2) is 48.5 Å². The number of ether oxygens (including phenoxy) is 3. The highest BCUT2D eigenvalue weighted by molar-refractivity contribution is 5.72. The monoisotopic (exact) mass is 551 g/mol. The number of nitrogens with zero attached hydrogens (tertiary/aromatic N) is 2. The molecule has 1 spiro atoms. The minimum atomic E-state index is -0.559. The topological polar surface area (TPSA) is 94.3 Å². The molecule has 2 amide bonds. The minimum Gasteiger partial charge on any atom is -0.491 e. The second-order valence-electron chi connectivity index (χ2n) is 13.2. The molecule has 2 aromatic carbocycles. The van der Waals surface area contributed by atoms with Gasteiger partial charge < -0.3 is 29.7 Å². The fourth-order valence-electron chi connectivity index (χ4n) is 5.24. The fraction of sp³-hybridized carbons (Fsp3) is 0.562. The summed E-state index contributed by atoms with van der Waals surface area (Å²) >= 11 is 0. The number of hydrogen-bond donors (Lipinski definition) is 1. The number of likely N-dealkylation sites (tertiary alicyclic amines) is 1. The Labute approximate surface area is 238 Å². The van der Waals surface area contributed by atoms with Gasteiger partial charge in [0.2, 0.25) is 0 Å². The average molecular weight is 552 g/mol. The molecular weight excluding hydrogens is 506 g/mol. The van der Waals surface area contributed by atoms with Crippen LogP contribution in [0.4, 0.5) is 9.59 Å². The number of rotatable bonds is 7. The Morgan fingerprint density at radius 1 is 1.00 bits per heavy atom. The van der Waals surface area contributed by atoms with Crippen molar-refractivity contribution in [1.82, 2.24) is 9.80 Å². The van der Waals surface area contributed by atoms with E-state index in [0.29, 0.717) is 26.1 Å². The molecule has 2 aromatic rings. The number of hydrogen-bond acceptors (Lipinski definition) is 6. The van der Waals surface area contributed by atoms with Gasteiger partial charge in [-0.1, -0.05) is 42.5 Å². The Morgan fingerprint density at radius 2 is 1.68 bits per heavy atom. The smallest absolute Gasteiger partial charge is 0.410 e. The van der Waals surface area contributed by atoms with E-state index in [1.807, 2.05) is 76.8 Å². The molecule has 1 aliphatic heterocycles. The number of amides is 2. The first-order chi connectivity index (χ1) is 18.7. The molecule has 8 nitrogen and oxygen atoms in total. The molecule has 0 aromatic heterocycles. The molecule has 1 unspecified atom stereocenters. The molecule has 1 heterocycles. The molecule has 2 aliphatic rings. The van der Waals surface area contributed by atoms with Crippen LogP contribution < -0.4 is 10.5 Å². The molecule has 1 saturated heterocycles. The van der Waals surface area contributed by atoms with Gasteiger partial charge in [-0.15, -0.1) is 0 Å². The number of para-hydroxylation sites is 1. The summed E-state index contributed by atoms with van der Waals surface area (Å²) in [4.78, 5) is 28.8. The van der Waals surface area contributed by atoms with Gasteiger partial charge in [-0.2, -0.15) is 0 Å². The van der Waals surface area contributed by atoms with Crippen molar-refractivity contribution in [1.29, 1.82) is 0 Å². The van der Waals surface area contributed by atoms with Crippen molar-refractivity contribution in [2.45, 2.75) is 84.1 Å². The van der Waals surface area contributed by atoms with Crippen molar-refractivity contribution in [3.63, 3.8) is 0 Å². The molecule has 218 valence electrons. The van der Waals surface area contributed by atoms with Crippen molar-refractivity contribution < 1.29 is 23.8 Å². The molecule has 0 radical (unpaired) electrons. The zero-order valence-corrected chi connectivity index (χ0v) is 25.0. The first-order valence-corrected chi connectivity index (χ1v) is 14.2. The van der Waals surface area contributed by atoms with Crippen LogP contribution in [-0.2, 0) is 15.9 Å². The second-order valence-corrected chi connectivity index (χ2v) is 13.2. The normalized spacial score (nSPS) is 19.9. The molecular formula is C32H45N3O5. The van der Waals surface area contributed by atoms with E-state index in [2.05, 4.69) is 18.2 Å². The van der Waals surface area contributed by atoms with Crippen LogP contribution in [0.2, 0.25) is 0 Å². The summed E-state index contributed by atoms with van der Waals surface area (Å²) in [5.74, 6) is 0.738. The third-order valence-electron chi connectivity index (χ3n) is 7.49. The van der Waals surface area contributed by atoms with Gasteiger partial charge in [0.25, 0.3) is 0 Å². The van der Waals surface area contributed by atoms with E-state index < -0.39 is 11.2 Å². The summed E-state index contributed by atoms with van der Waals surface area (Å²) in [5.41, 5.74) is 8.75. The van der Waals surface area contributed by atoms with Gasteiger partial charge in [0.1, 0.15) is 23.6 Å². The number of benzene rings is 2. The van der Waals surface area contributed by atoms with Crippen LogP contribution in [0.25, 0.3) is 11.1 Å². The first kappa shape index (κ1) is 29.7. The van der Waals surface area contributed by atoms with Crippen LogP contribution in [0.5, 0.6) is 5.75 Å². The Hall–Kier alpha value is -3.26. The van der Waals surface area contributed by atoms with Crippen molar-refractivity contribution in [2.75, 3.05) is 26.7 Å². The van der Waals surface area contributed by atoms with E-state index in [1.165, 1.54) is 4.90 Å². The van der Waals surface area contributed by atoms with E-state index in [1.54, 1.807) is 7.05 Å². The van der Waals surface area contributed by atoms with Crippen molar-refractivity contribution in [3.05, 3.63) is 54.1 Å². The molecule has 1 aliphatic carbocycles. The molecule has 0 bridgehead atoms. The number of carbonyl (C=O) groups excluding carboxylic acids is 2. The minimum absolute atomic E-state index is 0.0199. The molecule has 2 atom stereocenters. The highest BCUT2D eigenvalue weighted by Gasteiger charge is 2.59. The molecule has 8 heteroatoms. The average Bonchev–Trinajstić information content (AvgIpc) is 3.59. The third kappa shape index (κ3) is 7.27. The van der Waals surface area contributed by atoms with Gasteiger partial charge in [-0.05, 0) is 78.0 Å². The van der Waals surface area contributed by atoms with E-state index in [0.717, 1.165) is 35.3 Å². The standard InChI is InChI=1S/C32H45N3O5/c1-30(2,3)39-28(36)34(7)17-18-38-26-14-9-8-13-24(26)23-12-10-11-22(19-23)20-25-27(33)32(15-16-32)21-35(25)29(37)40-31(4,5)6/h8-14,19,25,27H,15-18,20-21,33H2,1-7H3/t25?,27-/m1/s1. The van der Waals surface area contributed by atoms with E-state index >= 15 is 0 Å². The number of nitrogens with two attached hydrogens (primary N) is 1. The Morgan fingerprint density at radius 3 is 2.33 bits per heavy atom. The zero-order valence-electron chi connectivity index (χ0n) is 25.0. The molecule has 1 saturated carbocycles. The largest absolute Gasteiger partial charge is 0.491 e. The predicted octanol–water partition coefficient (Wildman–Crippen LogP) is 5.87. The van der Waals surface area contributed by atoms with Gasteiger partial charge in [-0.25, -0.2) is 9.59 Å². The SMILES string of the molecule is CN(CCOc1ccccc1-c1cccc(CC2[C@@H](N)C3(CC3)CN2C(=O)OC(C)(C)C)c1)C(=O)OC(C)(C)C. The lowest BCUT2D eigenvalue weighted by Crippen LogP contribution is -2.46. The Kier molecular flexibility index (Phi) is 8.41. The molecule has 4 rings (SSSR count). The van der Waals surface area contributed by atoms with E-state index in [9.17, 15) is 9.59 Å². The summed E-state index contributed by atoms with van der Waals surface area (Å²) < 4.78 is 17.3. The fourth-order valence-corrected chi connectivity index (χ4v) is 5.24. The Bertz CT molecular complexity index is 1210. The lowest BCUT2D eigenvalue weighted by Gasteiger charge is -2.30. The van der Waals surface area contributed by atoms with Crippen LogP contribution in [-0.4, -0.2) is 72.0 Å². The zero-order chi connectivity index (χ0) is 29.3. The maximum Gasteiger partial charge on any atom is 0.410 e. The van der Waals surface area contributed by atoms with Gasteiger partial charge in [-0.3, -0.25) is 0 Å². The summed E-state index contributed by atoms with van der Waals surface area (Å²) in [6.45, 7) is 12.6. The summed E-state index contributed by atoms with van der Waals surface area (Å²) in [5, 5.41) is 0. The van der Waals surface area contributed by atoms with E-state index in [-0.39, 0.29) is 29.7 Å². The third-order valence-corrected chi connectivity index (χ3v) is 7.49. The Balaban J connectivity index is 1.46. The number of carbonyl (C=O) groups is 2. The van der Waals surface area contributed by atoms with Gasteiger partial charge >= 0.3 is 12.2 Å². The van der Waals surface area contributed by atoms with E-state index in [4.69, 9.17) is 19.9 Å². The maximum atomic E-state index is 13.1. The quantitative estimate of drug-likeness (QED) is 0.463. The van der Waals surface area contributed by atoms with Crippen LogP contribution >= 0.6 is 0 Å². The first-order valence-electron chi connectivity index (χ1n) is 14.2. The molecule has 2 N–H and O–H groups in total. The highest BCUT2D eigenvalue weighted by Crippen LogP contribution is 2.54. The van der Waals surface area contributed by atoms with Crippen molar-refractivity contribution in [2.24, 2.45) is 11.1 Å². The summed E-state index contributed by atoms with van der Waals surface area (Å²) in [7, 11) is 1.70. The van der Waals surface area contributed by atoms with Gasteiger partial charge in [0, 0.05) is 30.6 Å². The van der Waals surface area contributed by atoms with Crippen molar-refractivity contribution in [3.8, 4) is 16.9 Å². The molecule has 2 fully saturated rings. The van der Waals surface area contributed by atoms with Gasteiger partial charge in [0.05, 0.1) is 12.6 Å². The molecule has 40 heavy (non-hydrogen) atoms. The highest BCUT2D eigenvalue weighted by atomic mass is 16.6. The van der Waals surface area contributed by atoms with Crippen molar-refractivity contribution >= 4 is 12.2 Å². The summed E-state index contributed by atoms with van der Waals surface area (Å²) in [6.07, 6.45) is 2.09. The van der Waals surface area contributed by atoms with Crippen LogP contribution in [0.3, 0.4) is 0 Å². The summed E-state index contributed by atoms with van der Waals surface area (Å²) in [6, 6.07) is 16.0.